The van der Waals surface area contributed by atoms with E-state index in [1.165, 1.54) is 6.34 Å². The Kier molecular flexibility index (Phi) is 3.68. The quantitative estimate of drug-likeness (QED) is 0.473. The molecule has 1 saturated heterocycles. The van der Waals surface area contributed by atoms with Crippen molar-refractivity contribution in [3.8, 4) is 0 Å². The van der Waals surface area contributed by atoms with Crippen molar-refractivity contribution >= 4 is 16.4 Å². The minimum Gasteiger partial charge on any atom is -0.317 e. The van der Waals surface area contributed by atoms with Crippen LogP contribution >= 0.6 is 0 Å². The molecule has 0 radical (unpaired) electrons. The number of aliphatic imine (C=N–C) groups is 1. The SMILES string of the molecule is CS(=O)(=O)NC=NC1CCNCC1. The largest absolute Gasteiger partial charge is 0.317 e. The maximum absolute atomic E-state index is 10.7. The fourth-order valence-corrected chi connectivity index (χ4v) is 1.44. The Bertz CT molecular complexity index is 267. The zero-order valence-corrected chi connectivity index (χ0v) is 8.47. The Morgan fingerprint density at radius 1 is 1.46 bits per heavy atom. The normalized spacial score (nSPS) is 20.7. The summed E-state index contributed by atoms with van der Waals surface area (Å²) < 4.78 is 23.5. The molecule has 0 amide bonds. The summed E-state index contributed by atoms with van der Waals surface area (Å²) in [5.41, 5.74) is 0. The molecule has 13 heavy (non-hydrogen) atoms. The smallest absolute Gasteiger partial charge is 0.230 e. The van der Waals surface area contributed by atoms with Gasteiger partial charge in [-0.2, -0.15) is 0 Å². The highest BCUT2D eigenvalue weighted by atomic mass is 32.2. The first kappa shape index (κ1) is 10.5. The van der Waals surface area contributed by atoms with E-state index in [1.807, 2.05) is 0 Å². The van der Waals surface area contributed by atoms with E-state index in [0.29, 0.717) is 0 Å². The summed E-state index contributed by atoms with van der Waals surface area (Å²) in [4.78, 5) is 4.11. The average molecular weight is 205 g/mol. The van der Waals surface area contributed by atoms with Crippen LogP contribution in [-0.4, -0.2) is 40.1 Å². The number of nitrogens with zero attached hydrogens (tertiary/aromatic N) is 1. The summed E-state index contributed by atoms with van der Waals surface area (Å²) >= 11 is 0. The number of hydrogen-bond acceptors (Lipinski definition) is 4. The third kappa shape index (κ3) is 4.84. The third-order valence-electron chi connectivity index (χ3n) is 1.86. The molecule has 1 fully saturated rings. The van der Waals surface area contributed by atoms with Crippen molar-refractivity contribution in [3.63, 3.8) is 0 Å². The molecule has 0 unspecified atom stereocenters. The van der Waals surface area contributed by atoms with Gasteiger partial charge in [-0.3, -0.25) is 9.71 Å². The van der Waals surface area contributed by atoms with Crippen LogP contribution in [0.3, 0.4) is 0 Å². The van der Waals surface area contributed by atoms with Crippen molar-refractivity contribution in [2.24, 2.45) is 4.99 Å². The highest BCUT2D eigenvalue weighted by molar-refractivity contribution is 7.89. The van der Waals surface area contributed by atoms with Gasteiger partial charge in [0.05, 0.1) is 18.6 Å². The van der Waals surface area contributed by atoms with E-state index < -0.39 is 10.0 Å². The van der Waals surface area contributed by atoms with E-state index in [9.17, 15) is 8.42 Å². The maximum Gasteiger partial charge on any atom is 0.230 e. The van der Waals surface area contributed by atoms with Crippen LogP contribution in [0.2, 0.25) is 0 Å². The fourth-order valence-electron chi connectivity index (χ4n) is 1.19. The van der Waals surface area contributed by atoms with Gasteiger partial charge >= 0.3 is 0 Å². The van der Waals surface area contributed by atoms with Crippen molar-refractivity contribution in [1.82, 2.24) is 10.0 Å². The average Bonchev–Trinajstić information content (AvgIpc) is 2.04. The first-order chi connectivity index (χ1) is 6.08. The van der Waals surface area contributed by atoms with Crippen molar-refractivity contribution in [1.29, 1.82) is 0 Å². The standard InChI is InChI=1S/C7H15N3O2S/c1-13(11,12)10-6-9-7-2-4-8-5-3-7/h6-8H,2-5H2,1H3,(H,9,10). The van der Waals surface area contributed by atoms with Gasteiger partial charge in [-0.15, -0.1) is 0 Å². The summed E-state index contributed by atoms with van der Waals surface area (Å²) in [5, 5.41) is 3.21. The molecule has 76 valence electrons. The van der Waals surface area contributed by atoms with E-state index in [4.69, 9.17) is 0 Å². The minimum atomic E-state index is -3.14. The Hall–Kier alpha value is -0.620. The Morgan fingerprint density at radius 2 is 2.08 bits per heavy atom. The first-order valence-electron chi connectivity index (χ1n) is 4.27. The summed E-state index contributed by atoms with van der Waals surface area (Å²) in [7, 11) is -3.14. The van der Waals surface area contributed by atoms with Gasteiger partial charge in [0, 0.05) is 0 Å². The molecule has 1 aliphatic rings. The van der Waals surface area contributed by atoms with Gasteiger partial charge in [0.25, 0.3) is 0 Å². The minimum absolute atomic E-state index is 0.260. The van der Waals surface area contributed by atoms with Crippen LogP contribution in [0.15, 0.2) is 4.99 Å². The predicted molar refractivity (Wildman–Crippen MR) is 52.4 cm³/mol. The lowest BCUT2D eigenvalue weighted by atomic mass is 10.1. The topological polar surface area (TPSA) is 70.6 Å². The molecule has 0 aliphatic carbocycles. The zero-order valence-electron chi connectivity index (χ0n) is 7.66. The van der Waals surface area contributed by atoms with Crippen LogP contribution < -0.4 is 10.0 Å². The molecule has 0 aromatic heterocycles. The molecule has 0 saturated carbocycles. The number of piperidine rings is 1. The van der Waals surface area contributed by atoms with E-state index in [0.717, 1.165) is 32.2 Å². The second-order valence-corrected chi connectivity index (χ2v) is 4.93. The van der Waals surface area contributed by atoms with E-state index in [1.54, 1.807) is 0 Å². The summed E-state index contributed by atoms with van der Waals surface area (Å²) in [5.74, 6) is 0. The van der Waals surface area contributed by atoms with Crippen molar-refractivity contribution in [2.75, 3.05) is 19.3 Å². The molecule has 0 aromatic rings. The molecule has 0 atom stereocenters. The molecule has 5 nitrogen and oxygen atoms in total. The van der Waals surface area contributed by atoms with Gasteiger partial charge in [-0.1, -0.05) is 0 Å². The number of nitrogens with one attached hydrogen (secondary N) is 2. The lowest BCUT2D eigenvalue weighted by Crippen LogP contribution is -2.30. The molecule has 0 aromatic carbocycles. The van der Waals surface area contributed by atoms with Gasteiger partial charge in [0.2, 0.25) is 10.0 Å². The van der Waals surface area contributed by atoms with E-state index in [2.05, 4.69) is 15.0 Å². The third-order valence-corrected chi connectivity index (χ3v) is 2.39. The molecule has 0 bridgehead atoms. The fraction of sp³-hybridized carbons (Fsp3) is 0.857. The Balaban J connectivity index is 2.30. The Morgan fingerprint density at radius 3 is 2.62 bits per heavy atom. The van der Waals surface area contributed by atoms with Crippen LogP contribution in [0.1, 0.15) is 12.8 Å². The van der Waals surface area contributed by atoms with Gasteiger partial charge < -0.3 is 5.32 Å². The summed E-state index contributed by atoms with van der Waals surface area (Å²) in [6.07, 6.45) is 4.34. The van der Waals surface area contributed by atoms with Crippen LogP contribution in [0, 0.1) is 0 Å². The highest BCUT2D eigenvalue weighted by Crippen LogP contribution is 2.05. The van der Waals surface area contributed by atoms with Gasteiger partial charge in [-0.25, -0.2) is 8.42 Å². The zero-order chi connectivity index (χ0) is 9.73. The highest BCUT2D eigenvalue weighted by Gasteiger charge is 2.10. The van der Waals surface area contributed by atoms with Crippen LogP contribution in [0.5, 0.6) is 0 Å². The van der Waals surface area contributed by atoms with Gasteiger partial charge in [-0.05, 0) is 25.9 Å². The molecule has 1 heterocycles. The maximum atomic E-state index is 10.7. The summed E-state index contributed by atoms with van der Waals surface area (Å²) in [6, 6.07) is 0.260. The van der Waals surface area contributed by atoms with Crippen LogP contribution in [-0.2, 0) is 10.0 Å². The summed E-state index contributed by atoms with van der Waals surface area (Å²) in [6.45, 7) is 1.92. The Labute approximate surface area is 78.7 Å². The molecule has 2 N–H and O–H groups in total. The number of hydrogen-bond donors (Lipinski definition) is 2. The second-order valence-electron chi connectivity index (χ2n) is 3.15. The van der Waals surface area contributed by atoms with Gasteiger partial charge in [0.1, 0.15) is 0 Å². The van der Waals surface area contributed by atoms with Crippen LogP contribution in [0.4, 0.5) is 0 Å². The number of rotatable bonds is 3. The van der Waals surface area contributed by atoms with Crippen LogP contribution in [0.25, 0.3) is 0 Å². The number of sulfonamides is 1. The van der Waals surface area contributed by atoms with E-state index in [-0.39, 0.29) is 6.04 Å². The monoisotopic (exact) mass is 205 g/mol. The molecular formula is C7H15N3O2S. The molecule has 0 spiro atoms. The molecule has 6 heteroatoms. The lowest BCUT2D eigenvalue weighted by molar-refractivity contribution is 0.460. The molecule has 1 rings (SSSR count). The van der Waals surface area contributed by atoms with Gasteiger partial charge in [0.15, 0.2) is 0 Å². The molecule has 1 aliphatic heterocycles. The lowest BCUT2D eigenvalue weighted by Gasteiger charge is -2.18. The molecular weight excluding hydrogens is 190 g/mol. The second kappa shape index (κ2) is 4.57. The van der Waals surface area contributed by atoms with Crippen molar-refractivity contribution < 1.29 is 8.42 Å². The predicted octanol–water partition coefficient (Wildman–Crippen LogP) is -0.684. The van der Waals surface area contributed by atoms with Crippen molar-refractivity contribution in [2.45, 2.75) is 18.9 Å². The first-order valence-corrected chi connectivity index (χ1v) is 6.17. The van der Waals surface area contributed by atoms with Crippen molar-refractivity contribution in [3.05, 3.63) is 0 Å². The van der Waals surface area contributed by atoms with E-state index >= 15 is 0 Å².